The Balaban J connectivity index is 2.69. The first-order chi connectivity index (χ1) is 6.85. The molecule has 0 saturated carbocycles. The average Bonchev–Trinajstić information content (AvgIpc) is 2.27. The second kappa shape index (κ2) is 3.64. The summed E-state index contributed by atoms with van der Waals surface area (Å²) in [6, 6.07) is 10.1. The van der Waals surface area contributed by atoms with Gasteiger partial charge < -0.3 is 5.43 Å². The first-order valence-electron chi connectivity index (χ1n) is 4.70. The Morgan fingerprint density at radius 3 is 2.86 bits per heavy atom. The van der Waals surface area contributed by atoms with E-state index in [4.69, 9.17) is 5.84 Å². The summed E-state index contributed by atoms with van der Waals surface area (Å²) in [6.07, 6.45) is 0.928. The first kappa shape index (κ1) is 8.97. The van der Waals surface area contributed by atoms with Crippen molar-refractivity contribution >= 4 is 16.7 Å². The Morgan fingerprint density at radius 2 is 2.14 bits per heavy atom. The molecular formula is C11H13N3. The lowest BCUT2D eigenvalue weighted by atomic mass is 10.1. The van der Waals surface area contributed by atoms with Crippen molar-refractivity contribution in [2.24, 2.45) is 5.84 Å². The highest BCUT2D eigenvalue weighted by molar-refractivity contribution is 5.81. The predicted molar refractivity (Wildman–Crippen MR) is 58.9 cm³/mol. The summed E-state index contributed by atoms with van der Waals surface area (Å²) in [6.45, 7) is 2.09. The molecule has 2 rings (SSSR count). The van der Waals surface area contributed by atoms with Crippen LogP contribution in [-0.2, 0) is 6.42 Å². The van der Waals surface area contributed by atoms with Crippen LogP contribution in [0.3, 0.4) is 0 Å². The number of para-hydroxylation sites is 1. The summed E-state index contributed by atoms with van der Waals surface area (Å²) >= 11 is 0. The van der Waals surface area contributed by atoms with Crippen molar-refractivity contribution in [2.75, 3.05) is 5.43 Å². The van der Waals surface area contributed by atoms with Crippen LogP contribution in [0, 0.1) is 0 Å². The van der Waals surface area contributed by atoms with Crippen molar-refractivity contribution in [3.05, 3.63) is 35.9 Å². The number of nitrogen functional groups attached to an aromatic ring is 1. The van der Waals surface area contributed by atoms with Gasteiger partial charge in [-0.2, -0.15) is 0 Å². The minimum absolute atomic E-state index is 0.770. The minimum Gasteiger partial charge on any atom is -0.308 e. The van der Waals surface area contributed by atoms with E-state index in [2.05, 4.69) is 29.5 Å². The van der Waals surface area contributed by atoms with Crippen LogP contribution in [0.5, 0.6) is 0 Å². The maximum absolute atomic E-state index is 5.40. The quantitative estimate of drug-likeness (QED) is 0.559. The molecular weight excluding hydrogens is 174 g/mol. The van der Waals surface area contributed by atoms with E-state index >= 15 is 0 Å². The normalized spacial score (nSPS) is 10.4. The average molecular weight is 187 g/mol. The second-order valence-electron chi connectivity index (χ2n) is 3.19. The summed E-state index contributed by atoms with van der Waals surface area (Å²) in [5, 5.41) is 1.16. The summed E-state index contributed by atoms with van der Waals surface area (Å²) in [5.74, 6) is 6.17. The molecule has 3 nitrogen and oxygen atoms in total. The zero-order chi connectivity index (χ0) is 9.97. The number of aryl methyl sites for hydroxylation is 1. The van der Waals surface area contributed by atoms with Crippen molar-refractivity contribution in [2.45, 2.75) is 13.3 Å². The van der Waals surface area contributed by atoms with Gasteiger partial charge in [0.1, 0.15) is 5.82 Å². The van der Waals surface area contributed by atoms with Crippen LogP contribution >= 0.6 is 0 Å². The maximum Gasteiger partial charge on any atom is 0.143 e. The number of hydrazine groups is 1. The van der Waals surface area contributed by atoms with E-state index in [0.717, 1.165) is 28.7 Å². The molecule has 2 aromatic rings. The van der Waals surface area contributed by atoms with Gasteiger partial charge in [-0.1, -0.05) is 25.1 Å². The number of pyridine rings is 1. The van der Waals surface area contributed by atoms with Crippen molar-refractivity contribution in [3.63, 3.8) is 0 Å². The van der Waals surface area contributed by atoms with E-state index in [1.165, 1.54) is 0 Å². The molecule has 1 aromatic heterocycles. The maximum atomic E-state index is 5.40. The van der Waals surface area contributed by atoms with Gasteiger partial charge in [0.2, 0.25) is 0 Å². The van der Waals surface area contributed by atoms with Gasteiger partial charge in [0.15, 0.2) is 0 Å². The molecule has 0 aliphatic rings. The summed E-state index contributed by atoms with van der Waals surface area (Å²) in [7, 11) is 0. The van der Waals surface area contributed by atoms with Gasteiger partial charge in [0.25, 0.3) is 0 Å². The number of nitrogens with two attached hydrogens (primary N) is 1. The van der Waals surface area contributed by atoms with Crippen LogP contribution in [0.1, 0.15) is 12.5 Å². The molecule has 0 spiro atoms. The summed E-state index contributed by atoms with van der Waals surface area (Å²) in [5.41, 5.74) is 4.74. The van der Waals surface area contributed by atoms with Crippen molar-refractivity contribution in [1.29, 1.82) is 0 Å². The van der Waals surface area contributed by atoms with Crippen molar-refractivity contribution in [1.82, 2.24) is 4.98 Å². The van der Waals surface area contributed by atoms with Crippen molar-refractivity contribution < 1.29 is 0 Å². The fourth-order valence-electron chi connectivity index (χ4n) is 1.55. The van der Waals surface area contributed by atoms with E-state index < -0.39 is 0 Å². The molecule has 0 fully saturated rings. The molecule has 3 heteroatoms. The zero-order valence-corrected chi connectivity index (χ0v) is 8.12. The highest BCUT2D eigenvalue weighted by Gasteiger charge is 2.02. The molecule has 1 heterocycles. The van der Waals surface area contributed by atoms with E-state index in [-0.39, 0.29) is 0 Å². The Morgan fingerprint density at radius 1 is 1.36 bits per heavy atom. The molecule has 14 heavy (non-hydrogen) atoms. The molecule has 0 bridgehead atoms. The molecule has 1 aromatic carbocycles. The van der Waals surface area contributed by atoms with Gasteiger partial charge in [-0.25, -0.2) is 10.8 Å². The van der Waals surface area contributed by atoms with Gasteiger partial charge in [-0.3, -0.25) is 0 Å². The van der Waals surface area contributed by atoms with Crippen LogP contribution in [-0.4, -0.2) is 4.98 Å². The smallest absolute Gasteiger partial charge is 0.143 e. The molecule has 0 atom stereocenters. The Hall–Kier alpha value is -1.61. The molecule has 0 saturated heterocycles. The number of rotatable bonds is 2. The lowest BCUT2D eigenvalue weighted by Crippen LogP contribution is -2.10. The number of benzene rings is 1. The molecule has 0 aliphatic heterocycles. The summed E-state index contributed by atoms with van der Waals surface area (Å²) < 4.78 is 0. The zero-order valence-electron chi connectivity index (χ0n) is 8.12. The minimum atomic E-state index is 0.770. The largest absolute Gasteiger partial charge is 0.308 e. The van der Waals surface area contributed by atoms with Gasteiger partial charge in [0, 0.05) is 5.39 Å². The van der Waals surface area contributed by atoms with Crippen LogP contribution in [0.15, 0.2) is 30.3 Å². The molecule has 0 aliphatic carbocycles. The van der Waals surface area contributed by atoms with E-state index in [1.54, 1.807) is 0 Å². The Kier molecular flexibility index (Phi) is 2.33. The number of hydrogen-bond donors (Lipinski definition) is 2. The van der Waals surface area contributed by atoms with Gasteiger partial charge in [-0.15, -0.1) is 0 Å². The number of nitrogens with zero attached hydrogens (tertiary/aromatic N) is 1. The molecule has 3 N–H and O–H groups in total. The van der Waals surface area contributed by atoms with Gasteiger partial charge in [-0.05, 0) is 24.1 Å². The third kappa shape index (κ3) is 1.42. The van der Waals surface area contributed by atoms with E-state index in [9.17, 15) is 0 Å². The Bertz CT molecular complexity index is 409. The van der Waals surface area contributed by atoms with E-state index in [1.807, 2.05) is 18.2 Å². The third-order valence-corrected chi connectivity index (χ3v) is 2.32. The highest BCUT2D eigenvalue weighted by Crippen LogP contribution is 2.19. The first-order valence-corrected chi connectivity index (χ1v) is 4.70. The number of nitrogens with one attached hydrogen (secondary N) is 1. The SMILES string of the molecule is CCc1cc2ccccc2nc1NN. The number of hydrogen-bond acceptors (Lipinski definition) is 3. The third-order valence-electron chi connectivity index (χ3n) is 2.32. The van der Waals surface area contributed by atoms with Crippen molar-refractivity contribution in [3.8, 4) is 0 Å². The summed E-state index contributed by atoms with van der Waals surface area (Å²) in [4.78, 5) is 4.43. The van der Waals surface area contributed by atoms with Gasteiger partial charge >= 0.3 is 0 Å². The van der Waals surface area contributed by atoms with E-state index in [0.29, 0.717) is 0 Å². The second-order valence-corrected chi connectivity index (χ2v) is 3.19. The lowest BCUT2D eigenvalue weighted by molar-refractivity contribution is 1.10. The fraction of sp³-hybridized carbons (Fsp3) is 0.182. The van der Waals surface area contributed by atoms with Crippen LogP contribution in [0.4, 0.5) is 5.82 Å². The Labute approximate surface area is 82.9 Å². The number of anilines is 1. The molecule has 0 radical (unpaired) electrons. The van der Waals surface area contributed by atoms with Crippen LogP contribution in [0.25, 0.3) is 10.9 Å². The topological polar surface area (TPSA) is 50.9 Å². The standard InChI is InChI=1S/C11H13N3/c1-2-8-7-9-5-3-4-6-10(9)13-11(8)14-12/h3-7H,2,12H2,1H3,(H,13,14). The van der Waals surface area contributed by atoms with Crippen LogP contribution < -0.4 is 11.3 Å². The highest BCUT2D eigenvalue weighted by atomic mass is 15.2. The van der Waals surface area contributed by atoms with Gasteiger partial charge in [0.05, 0.1) is 5.52 Å². The molecule has 0 unspecified atom stereocenters. The van der Waals surface area contributed by atoms with Crippen LogP contribution in [0.2, 0.25) is 0 Å². The molecule has 0 amide bonds. The lowest BCUT2D eigenvalue weighted by Gasteiger charge is -2.07. The number of fused-ring (bicyclic) bond motifs is 1. The number of aromatic nitrogens is 1. The fourth-order valence-corrected chi connectivity index (χ4v) is 1.55. The predicted octanol–water partition coefficient (Wildman–Crippen LogP) is 2.08. The monoisotopic (exact) mass is 187 g/mol. The molecule has 72 valence electrons.